The number of piperazine rings is 1. The Bertz CT molecular complexity index is 766. The summed E-state index contributed by atoms with van der Waals surface area (Å²) in [6.45, 7) is 6.48. The van der Waals surface area contributed by atoms with Crippen LogP contribution in [0, 0.1) is 13.8 Å². The average Bonchev–Trinajstić information content (AvgIpc) is 2.64. The summed E-state index contributed by atoms with van der Waals surface area (Å²) in [5.41, 5.74) is 3.91. The van der Waals surface area contributed by atoms with E-state index in [0.29, 0.717) is 18.8 Å². The van der Waals surface area contributed by atoms with Crippen LogP contribution in [0.2, 0.25) is 0 Å². The minimum Gasteiger partial charge on any atom is -0.368 e. The molecule has 5 nitrogen and oxygen atoms in total. The minimum absolute atomic E-state index is 0.465. The van der Waals surface area contributed by atoms with Crippen molar-refractivity contribution in [2.24, 2.45) is 0 Å². The molecule has 5 heteroatoms. The van der Waals surface area contributed by atoms with E-state index in [-0.39, 0.29) is 0 Å². The second-order valence-electron chi connectivity index (χ2n) is 6.39. The lowest BCUT2D eigenvalue weighted by Gasteiger charge is -2.35. The van der Waals surface area contributed by atoms with Crippen molar-refractivity contribution in [1.82, 2.24) is 4.90 Å². The van der Waals surface area contributed by atoms with E-state index in [0.717, 1.165) is 29.9 Å². The molecule has 3 rings (SSSR count). The Balaban J connectivity index is 1.57. The molecule has 0 atom stereocenters. The standard InChI is InChI=1S/C20H23N3O2/c1-15-8-9-18(16(2)14-15)21-19(24)20(25)23-12-10-22(11-13-23)17-6-4-3-5-7-17/h3-9,14H,10-13H2,1-2H3,(H,21,24). The predicted octanol–water partition coefficient (Wildman–Crippen LogP) is 2.59. The maximum atomic E-state index is 12.4. The van der Waals surface area contributed by atoms with Gasteiger partial charge in [-0.25, -0.2) is 0 Å². The van der Waals surface area contributed by atoms with E-state index in [9.17, 15) is 9.59 Å². The number of amides is 2. The number of hydrogen-bond acceptors (Lipinski definition) is 3. The molecule has 1 heterocycles. The second kappa shape index (κ2) is 7.38. The molecule has 1 aliphatic heterocycles. The van der Waals surface area contributed by atoms with E-state index in [1.807, 2.05) is 50.2 Å². The molecule has 0 saturated carbocycles. The maximum absolute atomic E-state index is 12.4. The van der Waals surface area contributed by atoms with Gasteiger partial charge >= 0.3 is 11.8 Å². The third kappa shape index (κ3) is 3.99. The number of benzene rings is 2. The smallest absolute Gasteiger partial charge is 0.313 e. The van der Waals surface area contributed by atoms with Crippen molar-refractivity contribution in [3.8, 4) is 0 Å². The van der Waals surface area contributed by atoms with Gasteiger partial charge in [0.15, 0.2) is 0 Å². The SMILES string of the molecule is Cc1ccc(NC(=O)C(=O)N2CCN(c3ccccc3)CC2)c(C)c1. The van der Waals surface area contributed by atoms with Gasteiger partial charge in [-0.2, -0.15) is 0 Å². The highest BCUT2D eigenvalue weighted by Gasteiger charge is 2.26. The zero-order chi connectivity index (χ0) is 17.8. The number of carbonyl (C=O) groups is 2. The molecule has 0 aliphatic carbocycles. The van der Waals surface area contributed by atoms with Gasteiger partial charge in [-0.15, -0.1) is 0 Å². The highest BCUT2D eigenvalue weighted by molar-refractivity contribution is 6.39. The lowest BCUT2D eigenvalue weighted by Crippen LogP contribution is -2.51. The first-order valence-electron chi connectivity index (χ1n) is 8.52. The van der Waals surface area contributed by atoms with E-state index < -0.39 is 11.8 Å². The van der Waals surface area contributed by atoms with Crippen molar-refractivity contribution < 1.29 is 9.59 Å². The summed E-state index contributed by atoms with van der Waals surface area (Å²) < 4.78 is 0. The molecule has 0 bridgehead atoms. The Morgan fingerprint density at radius 1 is 0.920 bits per heavy atom. The van der Waals surface area contributed by atoms with Gasteiger partial charge in [-0.05, 0) is 37.6 Å². The fourth-order valence-corrected chi connectivity index (χ4v) is 3.08. The van der Waals surface area contributed by atoms with Crippen molar-refractivity contribution in [3.63, 3.8) is 0 Å². The van der Waals surface area contributed by atoms with Gasteiger partial charge in [0, 0.05) is 37.6 Å². The van der Waals surface area contributed by atoms with Crippen LogP contribution in [0.25, 0.3) is 0 Å². The first-order valence-corrected chi connectivity index (χ1v) is 8.52. The molecule has 0 radical (unpaired) electrons. The molecule has 1 fully saturated rings. The normalized spacial score (nSPS) is 14.3. The highest BCUT2D eigenvalue weighted by atomic mass is 16.2. The molecule has 130 valence electrons. The first-order chi connectivity index (χ1) is 12.0. The maximum Gasteiger partial charge on any atom is 0.313 e. The fourth-order valence-electron chi connectivity index (χ4n) is 3.08. The van der Waals surface area contributed by atoms with E-state index in [1.54, 1.807) is 4.90 Å². The van der Waals surface area contributed by atoms with Crippen molar-refractivity contribution in [2.75, 3.05) is 36.4 Å². The third-order valence-corrected chi connectivity index (χ3v) is 4.51. The summed E-state index contributed by atoms with van der Waals surface area (Å²) in [5.74, 6) is -1.03. The Kier molecular flexibility index (Phi) is 5.03. The van der Waals surface area contributed by atoms with Crippen molar-refractivity contribution >= 4 is 23.2 Å². The van der Waals surface area contributed by atoms with E-state index >= 15 is 0 Å². The zero-order valence-electron chi connectivity index (χ0n) is 14.7. The number of hydrogen-bond donors (Lipinski definition) is 1. The van der Waals surface area contributed by atoms with Crippen molar-refractivity contribution in [1.29, 1.82) is 0 Å². The first kappa shape index (κ1) is 17.0. The molecule has 2 aromatic carbocycles. The molecule has 2 aromatic rings. The number of nitrogens with zero attached hydrogens (tertiary/aromatic N) is 2. The molecule has 25 heavy (non-hydrogen) atoms. The van der Waals surface area contributed by atoms with Gasteiger partial charge in [0.2, 0.25) is 0 Å². The van der Waals surface area contributed by atoms with Crippen LogP contribution in [0.5, 0.6) is 0 Å². The molecular formula is C20H23N3O2. The van der Waals surface area contributed by atoms with Crippen LogP contribution >= 0.6 is 0 Å². The van der Waals surface area contributed by atoms with E-state index in [2.05, 4.69) is 22.3 Å². The van der Waals surface area contributed by atoms with Crippen molar-refractivity contribution in [3.05, 3.63) is 59.7 Å². The van der Waals surface area contributed by atoms with Crippen LogP contribution in [0.15, 0.2) is 48.5 Å². The molecule has 1 saturated heterocycles. The Morgan fingerprint density at radius 2 is 1.60 bits per heavy atom. The van der Waals surface area contributed by atoms with Crippen molar-refractivity contribution in [2.45, 2.75) is 13.8 Å². The number of aryl methyl sites for hydroxylation is 2. The molecule has 0 aromatic heterocycles. The second-order valence-corrected chi connectivity index (χ2v) is 6.39. The summed E-state index contributed by atoms with van der Waals surface area (Å²) in [6.07, 6.45) is 0. The summed E-state index contributed by atoms with van der Waals surface area (Å²) in [4.78, 5) is 28.6. The van der Waals surface area contributed by atoms with Gasteiger partial charge in [-0.1, -0.05) is 35.9 Å². The number of nitrogens with one attached hydrogen (secondary N) is 1. The molecule has 0 unspecified atom stereocenters. The Labute approximate surface area is 148 Å². The van der Waals surface area contributed by atoms with Gasteiger partial charge in [0.1, 0.15) is 0 Å². The zero-order valence-corrected chi connectivity index (χ0v) is 14.7. The lowest BCUT2D eigenvalue weighted by molar-refractivity contribution is -0.143. The number of para-hydroxylation sites is 1. The largest absolute Gasteiger partial charge is 0.368 e. The van der Waals surface area contributed by atoms with Gasteiger partial charge in [-0.3, -0.25) is 9.59 Å². The topological polar surface area (TPSA) is 52.7 Å². The van der Waals surface area contributed by atoms with Crippen LogP contribution < -0.4 is 10.2 Å². The Morgan fingerprint density at radius 3 is 2.24 bits per heavy atom. The quantitative estimate of drug-likeness (QED) is 0.857. The average molecular weight is 337 g/mol. The molecule has 2 amide bonds. The Hall–Kier alpha value is -2.82. The molecule has 1 N–H and O–H groups in total. The molecule has 0 spiro atoms. The molecule has 1 aliphatic rings. The molecular weight excluding hydrogens is 314 g/mol. The van der Waals surface area contributed by atoms with Crippen LogP contribution in [0.1, 0.15) is 11.1 Å². The summed E-state index contributed by atoms with van der Waals surface area (Å²) in [5, 5.41) is 2.73. The highest BCUT2D eigenvalue weighted by Crippen LogP contribution is 2.17. The van der Waals surface area contributed by atoms with Gasteiger partial charge in [0.25, 0.3) is 0 Å². The summed E-state index contributed by atoms with van der Waals surface area (Å²) in [6, 6.07) is 15.9. The van der Waals surface area contributed by atoms with Crippen LogP contribution in [0.3, 0.4) is 0 Å². The number of anilines is 2. The number of rotatable bonds is 2. The number of carbonyl (C=O) groups excluding carboxylic acids is 2. The monoisotopic (exact) mass is 337 g/mol. The van der Waals surface area contributed by atoms with Gasteiger partial charge < -0.3 is 15.1 Å². The van der Waals surface area contributed by atoms with E-state index in [1.165, 1.54) is 0 Å². The minimum atomic E-state index is -0.569. The lowest BCUT2D eigenvalue weighted by atomic mass is 10.1. The summed E-state index contributed by atoms with van der Waals surface area (Å²) in [7, 11) is 0. The van der Waals surface area contributed by atoms with Crippen LogP contribution in [-0.4, -0.2) is 42.9 Å². The predicted molar refractivity (Wildman–Crippen MR) is 99.8 cm³/mol. The third-order valence-electron chi connectivity index (χ3n) is 4.51. The van der Waals surface area contributed by atoms with E-state index in [4.69, 9.17) is 0 Å². The summed E-state index contributed by atoms with van der Waals surface area (Å²) >= 11 is 0. The van der Waals surface area contributed by atoms with Crippen LogP contribution in [0.4, 0.5) is 11.4 Å². The fraction of sp³-hybridized carbons (Fsp3) is 0.300. The van der Waals surface area contributed by atoms with Crippen LogP contribution in [-0.2, 0) is 9.59 Å². The van der Waals surface area contributed by atoms with Gasteiger partial charge in [0.05, 0.1) is 0 Å².